The lowest BCUT2D eigenvalue weighted by Crippen LogP contribution is -2.12. The second-order valence-electron chi connectivity index (χ2n) is 5.23. The van der Waals surface area contributed by atoms with Crippen LogP contribution in [0.4, 0.5) is 0 Å². The molecule has 0 saturated carbocycles. The number of aromatic amines is 1. The quantitative estimate of drug-likeness (QED) is 0.745. The average Bonchev–Trinajstić information content (AvgIpc) is 2.61. The molecule has 24 heavy (non-hydrogen) atoms. The monoisotopic (exact) mass is 324 g/mol. The molecule has 1 heterocycles. The number of para-hydroxylation sites is 1. The fourth-order valence-corrected chi connectivity index (χ4v) is 2.55. The number of nitrogens with one attached hydrogen (secondary N) is 1. The number of benzene rings is 2. The molecule has 0 unspecified atom stereocenters. The summed E-state index contributed by atoms with van der Waals surface area (Å²) in [5.74, 6) is 0.485. The highest BCUT2D eigenvalue weighted by Crippen LogP contribution is 2.22. The van der Waals surface area contributed by atoms with E-state index in [-0.39, 0.29) is 5.56 Å². The van der Waals surface area contributed by atoms with Crippen molar-refractivity contribution >= 4 is 16.9 Å². The lowest BCUT2D eigenvalue weighted by atomic mass is 10.1. The Hall–Kier alpha value is -3.15. The average molecular weight is 324 g/mol. The highest BCUT2D eigenvalue weighted by atomic mass is 16.5. The summed E-state index contributed by atoms with van der Waals surface area (Å²) in [5.41, 5.74) is 1.60. The molecule has 0 spiro atoms. The lowest BCUT2D eigenvalue weighted by Gasteiger charge is -2.09. The number of aromatic nitrogens is 2. The van der Waals surface area contributed by atoms with Crippen molar-refractivity contribution in [2.45, 2.75) is 6.42 Å². The summed E-state index contributed by atoms with van der Waals surface area (Å²) in [6, 6.07) is 12.4. The standard InChI is InChI=1S/C18H16N2O4/c1-23-15-8-7-11(9-13(15)18(22)24-2)10-16-19-14-6-4-3-5-12(14)17(21)20-16/h3-9H,10H2,1-2H3,(H,19,20,21). The first-order valence-electron chi connectivity index (χ1n) is 7.35. The number of esters is 1. The molecule has 0 aliphatic rings. The van der Waals surface area contributed by atoms with Gasteiger partial charge < -0.3 is 14.5 Å². The van der Waals surface area contributed by atoms with Gasteiger partial charge in [-0.25, -0.2) is 9.78 Å². The third-order valence-electron chi connectivity index (χ3n) is 3.70. The van der Waals surface area contributed by atoms with Crippen molar-refractivity contribution in [2.75, 3.05) is 14.2 Å². The van der Waals surface area contributed by atoms with Gasteiger partial charge in [0.05, 0.1) is 25.1 Å². The van der Waals surface area contributed by atoms with E-state index < -0.39 is 5.97 Å². The van der Waals surface area contributed by atoms with Gasteiger partial charge in [-0.05, 0) is 29.8 Å². The predicted molar refractivity (Wildman–Crippen MR) is 89.5 cm³/mol. The first-order chi connectivity index (χ1) is 11.6. The molecule has 0 fully saturated rings. The molecule has 0 aliphatic carbocycles. The molecule has 0 bridgehead atoms. The van der Waals surface area contributed by atoms with E-state index in [9.17, 15) is 9.59 Å². The third kappa shape index (κ3) is 2.99. The summed E-state index contributed by atoms with van der Waals surface area (Å²) in [5, 5.41) is 0.547. The highest BCUT2D eigenvalue weighted by Gasteiger charge is 2.14. The predicted octanol–water partition coefficient (Wildman–Crippen LogP) is 2.31. The maximum absolute atomic E-state index is 12.1. The Morgan fingerprint density at radius 1 is 1.17 bits per heavy atom. The summed E-state index contributed by atoms with van der Waals surface area (Å²) in [6.45, 7) is 0. The van der Waals surface area contributed by atoms with E-state index in [1.54, 1.807) is 30.3 Å². The van der Waals surface area contributed by atoms with Gasteiger partial charge in [0.2, 0.25) is 0 Å². The van der Waals surface area contributed by atoms with Crippen molar-refractivity contribution in [3.63, 3.8) is 0 Å². The van der Waals surface area contributed by atoms with Crippen LogP contribution in [0.2, 0.25) is 0 Å². The Bertz CT molecular complexity index is 963. The SMILES string of the molecule is COC(=O)c1cc(Cc2nc3ccccc3c(=O)[nH]2)ccc1OC. The molecule has 3 aromatic rings. The van der Waals surface area contributed by atoms with E-state index >= 15 is 0 Å². The normalized spacial score (nSPS) is 10.6. The Morgan fingerprint density at radius 2 is 1.96 bits per heavy atom. The van der Waals surface area contributed by atoms with Crippen molar-refractivity contribution in [3.8, 4) is 5.75 Å². The van der Waals surface area contributed by atoms with Crippen molar-refractivity contribution in [3.05, 3.63) is 69.8 Å². The number of fused-ring (bicyclic) bond motifs is 1. The van der Waals surface area contributed by atoms with Crippen molar-refractivity contribution in [1.29, 1.82) is 0 Å². The molecule has 0 radical (unpaired) electrons. The molecule has 1 aromatic heterocycles. The van der Waals surface area contributed by atoms with Gasteiger partial charge in [0.1, 0.15) is 17.1 Å². The zero-order valence-electron chi connectivity index (χ0n) is 13.3. The zero-order valence-corrected chi connectivity index (χ0v) is 13.3. The highest BCUT2D eigenvalue weighted by molar-refractivity contribution is 5.92. The van der Waals surface area contributed by atoms with Crippen LogP contribution in [0.15, 0.2) is 47.3 Å². The molecule has 6 nitrogen and oxygen atoms in total. The topological polar surface area (TPSA) is 81.3 Å². The minimum Gasteiger partial charge on any atom is -0.496 e. The maximum Gasteiger partial charge on any atom is 0.341 e. The first-order valence-corrected chi connectivity index (χ1v) is 7.35. The first kappa shape index (κ1) is 15.7. The summed E-state index contributed by atoms with van der Waals surface area (Å²) in [4.78, 5) is 31.2. The minimum absolute atomic E-state index is 0.183. The second kappa shape index (κ2) is 6.54. The van der Waals surface area contributed by atoms with Crippen LogP contribution in [-0.4, -0.2) is 30.2 Å². The smallest absolute Gasteiger partial charge is 0.341 e. The summed E-state index contributed by atoms with van der Waals surface area (Å²) in [7, 11) is 2.81. The molecule has 6 heteroatoms. The number of hydrogen-bond donors (Lipinski definition) is 1. The van der Waals surface area contributed by atoms with Gasteiger partial charge in [-0.15, -0.1) is 0 Å². The summed E-state index contributed by atoms with van der Waals surface area (Å²) in [6.07, 6.45) is 0.383. The number of nitrogens with zero attached hydrogens (tertiary/aromatic N) is 1. The van der Waals surface area contributed by atoms with Crippen LogP contribution in [0.5, 0.6) is 5.75 Å². The summed E-state index contributed by atoms with van der Waals surface area (Å²) < 4.78 is 9.94. The van der Waals surface area contributed by atoms with Crippen molar-refractivity contribution in [1.82, 2.24) is 9.97 Å². The number of hydrogen-bond acceptors (Lipinski definition) is 5. The minimum atomic E-state index is -0.478. The molecule has 2 aromatic carbocycles. The molecule has 0 amide bonds. The number of rotatable bonds is 4. The largest absolute Gasteiger partial charge is 0.496 e. The van der Waals surface area contributed by atoms with Gasteiger partial charge in [0.15, 0.2) is 0 Å². The molecule has 3 rings (SSSR count). The van der Waals surface area contributed by atoms with E-state index in [2.05, 4.69) is 9.97 Å². The number of carbonyl (C=O) groups is 1. The van der Waals surface area contributed by atoms with Gasteiger partial charge in [-0.3, -0.25) is 4.79 Å². The number of methoxy groups -OCH3 is 2. The van der Waals surface area contributed by atoms with Crippen LogP contribution in [0, 0.1) is 0 Å². The van der Waals surface area contributed by atoms with Crippen LogP contribution < -0.4 is 10.3 Å². The lowest BCUT2D eigenvalue weighted by molar-refractivity contribution is 0.0597. The summed E-state index contributed by atoms with van der Waals surface area (Å²) >= 11 is 0. The zero-order chi connectivity index (χ0) is 17.1. The fourth-order valence-electron chi connectivity index (χ4n) is 2.55. The second-order valence-corrected chi connectivity index (χ2v) is 5.23. The van der Waals surface area contributed by atoms with Gasteiger partial charge in [-0.1, -0.05) is 18.2 Å². The van der Waals surface area contributed by atoms with Crippen molar-refractivity contribution in [2.24, 2.45) is 0 Å². The van der Waals surface area contributed by atoms with Crippen molar-refractivity contribution < 1.29 is 14.3 Å². The molecule has 0 atom stereocenters. The maximum atomic E-state index is 12.1. The van der Waals surface area contributed by atoms with Crippen LogP contribution in [-0.2, 0) is 11.2 Å². The fraction of sp³-hybridized carbons (Fsp3) is 0.167. The third-order valence-corrected chi connectivity index (χ3v) is 3.70. The van der Waals surface area contributed by atoms with E-state index in [4.69, 9.17) is 9.47 Å². The number of carbonyl (C=O) groups excluding carboxylic acids is 1. The molecular weight excluding hydrogens is 308 g/mol. The molecule has 0 saturated heterocycles. The van der Waals surface area contributed by atoms with E-state index in [1.807, 2.05) is 12.1 Å². The van der Waals surface area contributed by atoms with Crippen LogP contribution in [0.25, 0.3) is 10.9 Å². The van der Waals surface area contributed by atoms with Gasteiger partial charge in [0.25, 0.3) is 5.56 Å². The van der Waals surface area contributed by atoms with Gasteiger partial charge in [-0.2, -0.15) is 0 Å². The van der Waals surface area contributed by atoms with E-state index in [0.29, 0.717) is 34.5 Å². The Balaban J connectivity index is 1.99. The molecule has 0 aliphatic heterocycles. The molecular formula is C18H16N2O4. The van der Waals surface area contributed by atoms with Gasteiger partial charge >= 0.3 is 5.97 Å². The van der Waals surface area contributed by atoms with Gasteiger partial charge in [0, 0.05) is 6.42 Å². The van der Waals surface area contributed by atoms with Crippen LogP contribution in [0.1, 0.15) is 21.7 Å². The Labute approximate surface area is 138 Å². The van der Waals surface area contributed by atoms with Crippen LogP contribution >= 0.6 is 0 Å². The van der Waals surface area contributed by atoms with Crippen LogP contribution in [0.3, 0.4) is 0 Å². The van der Waals surface area contributed by atoms with E-state index in [0.717, 1.165) is 5.56 Å². The molecule has 1 N–H and O–H groups in total. The number of ether oxygens (including phenoxy) is 2. The number of H-pyrrole nitrogens is 1. The Morgan fingerprint density at radius 3 is 2.71 bits per heavy atom. The molecule has 122 valence electrons. The van der Waals surface area contributed by atoms with E-state index in [1.165, 1.54) is 14.2 Å². The Kier molecular flexibility index (Phi) is 4.29.